The van der Waals surface area contributed by atoms with E-state index in [1.54, 1.807) is 12.1 Å². The van der Waals surface area contributed by atoms with Crippen LogP contribution < -0.4 is 5.32 Å². The number of nitro groups is 1. The van der Waals surface area contributed by atoms with Gasteiger partial charge in [-0.15, -0.1) is 0 Å². The molecule has 1 amide bonds. The Labute approximate surface area is 143 Å². The minimum atomic E-state index is -0.576. The van der Waals surface area contributed by atoms with E-state index < -0.39 is 10.8 Å². The molecule has 25 heavy (non-hydrogen) atoms. The lowest BCUT2D eigenvalue weighted by Gasteiger charge is -2.07. The number of carbonyl (C=O) groups is 1. The molecule has 0 atom stereocenters. The van der Waals surface area contributed by atoms with Gasteiger partial charge in [0.25, 0.3) is 11.6 Å². The Kier molecular flexibility index (Phi) is 4.75. The number of para-hydroxylation sites is 1. The highest BCUT2D eigenvalue weighted by Crippen LogP contribution is 2.18. The highest BCUT2D eigenvalue weighted by molar-refractivity contribution is 5.98. The summed E-state index contributed by atoms with van der Waals surface area (Å²) in [4.78, 5) is 31.0. The normalized spacial score (nSPS) is 10.2. The monoisotopic (exact) mass is 334 g/mol. The van der Waals surface area contributed by atoms with Gasteiger partial charge in [-0.3, -0.25) is 14.9 Å². The maximum atomic E-state index is 12.2. The summed E-state index contributed by atoms with van der Waals surface area (Å²) >= 11 is 0. The summed E-state index contributed by atoms with van der Waals surface area (Å²) in [6.07, 6.45) is 1.43. The van der Waals surface area contributed by atoms with Crippen LogP contribution in [0.4, 0.5) is 5.69 Å². The van der Waals surface area contributed by atoms with Crippen LogP contribution in [0.25, 0.3) is 11.3 Å². The van der Waals surface area contributed by atoms with Gasteiger partial charge in [0.1, 0.15) is 11.9 Å². The molecule has 0 spiro atoms. The van der Waals surface area contributed by atoms with Gasteiger partial charge in [0, 0.05) is 11.6 Å². The van der Waals surface area contributed by atoms with E-state index in [-0.39, 0.29) is 17.8 Å². The lowest BCUT2D eigenvalue weighted by atomic mass is 10.1. The fourth-order valence-corrected chi connectivity index (χ4v) is 2.35. The molecule has 0 saturated carbocycles. The summed E-state index contributed by atoms with van der Waals surface area (Å²) in [5, 5.41) is 13.7. The summed E-state index contributed by atoms with van der Waals surface area (Å²) in [5.41, 5.74) is 2.08. The number of aromatic nitrogens is 2. The smallest absolute Gasteiger partial charge is 0.282 e. The summed E-state index contributed by atoms with van der Waals surface area (Å²) < 4.78 is 0. The molecule has 0 fully saturated rings. The van der Waals surface area contributed by atoms with E-state index >= 15 is 0 Å². The third-order valence-corrected chi connectivity index (χ3v) is 3.57. The van der Waals surface area contributed by atoms with Gasteiger partial charge in [-0.1, -0.05) is 42.5 Å². The number of hydrogen-bond donors (Lipinski definition) is 1. The van der Waals surface area contributed by atoms with E-state index in [1.165, 1.54) is 24.5 Å². The van der Waals surface area contributed by atoms with Gasteiger partial charge >= 0.3 is 0 Å². The predicted molar refractivity (Wildman–Crippen MR) is 91.7 cm³/mol. The zero-order valence-corrected chi connectivity index (χ0v) is 13.1. The molecular weight excluding hydrogens is 320 g/mol. The van der Waals surface area contributed by atoms with Crippen LogP contribution in [0.3, 0.4) is 0 Å². The van der Waals surface area contributed by atoms with Crippen LogP contribution in [0.5, 0.6) is 0 Å². The van der Waals surface area contributed by atoms with Crippen molar-refractivity contribution in [1.29, 1.82) is 0 Å². The van der Waals surface area contributed by atoms with Gasteiger partial charge in [-0.2, -0.15) is 0 Å². The molecule has 2 aromatic carbocycles. The summed E-state index contributed by atoms with van der Waals surface area (Å²) in [6.45, 7) is 0.146. The lowest BCUT2D eigenvalue weighted by Crippen LogP contribution is -2.24. The highest BCUT2D eigenvalue weighted by atomic mass is 16.6. The first-order valence-electron chi connectivity index (χ1n) is 7.53. The zero-order chi connectivity index (χ0) is 17.6. The van der Waals surface area contributed by atoms with Crippen molar-refractivity contribution >= 4 is 11.6 Å². The molecule has 0 aliphatic carbocycles. The van der Waals surface area contributed by atoms with Crippen molar-refractivity contribution in [3.63, 3.8) is 0 Å². The molecule has 0 aliphatic rings. The van der Waals surface area contributed by atoms with Crippen molar-refractivity contribution in [2.24, 2.45) is 0 Å². The van der Waals surface area contributed by atoms with Crippen LogP contribution in [0.1, 0.15) is 16.1 Å². The number of amides is 1. The summed E-state index contributed by atoms with van der Waals surface area (Å²) in [5.74, 6) is -0.521. The highest BCUT2D eigenvalue weighted by Gasteiger charge is 2.18. The van der Waals surface area contributed by atoms with E-state index in [0.29, 0.717) is 5.69 Å². The third kappa shape index (κ3) is 3.84. The van der Waals surface area contributed by atoms with Crippen molar-refractivity contribution in [2.75, 3.05) is 0 Å². The minimum absolute atomic E-state index is 0.0184. The summed E-state index contributed by atoms with van der Waals surface area (Å²) in [7, 11) is 0. The predicted octanol–water partition coefficient (Wildman–Crippen LogP) is 2.98. The number of nitrogens with one attached hydrogen (secondary N) is 1. The van der Waals surface area contributed by atoms with Gasteiger partial charge in [0.2, 0.25) is 0 Å². The van der Waals surface area contributed by atoms with Gasteiger partial charge in [-0.25, -0.2) is 9.97 Å². The summed E-state index contributed by atoms with van der Waals surface area (Å²) in [6, 6.07) is 17.2. The number of nitro benzene ring substituents is 1. The quantitative estimate of drug-likeness (QED) is 0.571. The first-order chi connectivity index (χ1) is 12.1. The van der Waals surface area contributed by atoms with Crippen molar-refractivity contribution in [2.45, 2.75) is 6.54 Å². The third-order valence-electron chi connectivity index (χ3n) is 3.57. The molecule has 7 nitrogen and oxygen atoms in total. The van der Waals surface area contributed by atoms with E-state index in [0.717, 1.165) is 11.3 Å². The second kappa shape index (κ2) is 7.31. The molecular formula is C18H14N4O3. The molecule has 0 unspecified atom stereocenters. The van der Waals surface area contributed by atoms with Gasteiger partial charge < -0.3 is 5.32 Å². The Morgan fingerprint density at radius 1 is 1.04 bits per heavy atom. The molecule has 1 aromatic heterocycles. The Morgan fingerprint density at radius 3 is 2.52 bits per heavy atom. The Balaban J connectivity index is 1.74. The number of rotatable bonds is 5. The molecule has 7 heteroatoms. The largest absolute Gasteiger partial charge is 0.346 e. The van der Waals surface area contributed by atoms with Crippen LogP contribution in [-0.4, -0.2) is 20.8 Å². The molecule has 1 N–H and O–H groups in total. The Morgan fingerprint density at radius 2 is 1.76 bits per heavy atom. The Hall–Kier alpha value is -3.61. The molecule has 0 bridgehead atoms. The molecule has 0 saturated heterocycles. The van der Waals surface area contributed by atoms with Crippen LogP contribution in [0.15, 0.2) is 67.0 Å². The average molecular weight is 334 g/mol. The fourth-order valence-electron chi connectivity index (χ4n) is 2.35. The van der Waals surface area contributed by atoms with Crippen molar-refractivity contribution in [1.82, 2.24) is 15.3 Å². The van der Waals surface area contributed by atoms with Gasteiger partial charge in [0.15, 0.2) is 0 Å². The van der Waals surface area contributed by atoms with Crippen molar-refractivity contribution in [3.8, 4) is 11.3 Å². The van der Waals surface area contributed by atoms with E-state index in [4.69, 9.17) is 0 Å². The van der Waals surface area contributed by atoms with Crippen molar-refractivity contribution in [3.05, 3.63) is 88.4 Å². The zero-order valence-electron chi connectivity index (χ0n) is 13.1. The molecule has 3 aromatic rings. The van der Waals surface area contributed by atoms with Crippen LogP contribution in [0, 0.1) is 10.1 Å². The molecule has 1 heterocycles. The number of nitrogens with zero attached hydrogens (tertiary/aromatic N) is 3. The maximum absolute atomic E-state index is 12.2. The van der Waals surface area contributed by atoms with Gasteiger partial charge in [0.05, 0.1) is 22.9 Å². The fraction of sp³-hybridized carbons (Fsp3) is 0.0556. The van der Waals surface area contributed by atoms with Gasteiger partial charge in [-0.05, 0) is 12.1 Å². The second-order valence-electron chi connectivity index (χ2n) is 5.22. The number of hydrogen-bond acceptors (Lipinski definition) is 5. The van der Waals surface area contributed by atoms with E-state index in [2.05, 4.69) is 15.3 Å². The van der Waals surface area contributed by atoms with Crippen LogP contribution in [-0.2, 0) is 6.54 Å². The minimum Gasteiger partial charge on any atom is -0.346 e. The van der Waals surface area contributed by atoms with E-state index in [9.17, 15) is 14.9 Å². The van der Waals surface area contributed by atoms with Crippen LogP contribution >= 0.6 is 0 Å². The van der Waals surface area contributed by atoms with Crippen molar-refractivity contribution < 1.29 is 9.72 Å². The second-order valence-corrected chi connectivity index (χ2v) is 5.22. The maximum Gasteiger partial charge on any atom is 0.282 e. The molecule has 124 valence electrons. The molecule has 0 radical (unpaired) electrons. The lowest BCUT2D eigenvalue weighted by molar-refractivity contribution is -0.385. The van der Waals surface area contributed by atoms with E-state index in [1.807, 2.05) is 30.3 Å². The first kappa shape index (κ1) is 16.3. The SMILES string of the molecule is O=C(NCc1cc(-c2ccccc2)ncn1)c1ccccc1[N+](=O)[O-]. The first-order valence-corrected chi connectivity index (χ1v) is 7.53. The number of carbonyl (C=O) groups excluding carboxylic acids is 1. The topological polar surface area (TPSA) is 98.0 Å². The molecule has 0 aliphatic heterocycles. The van der Waals surface area contributed by atoms with Crippen LogP contribution in [0.2, 0.25) is 0 Å². The standard InChI is InChI=1S/C18H14N4O3/c23-18(15-8-4-5-9-17(15)22(24)25)19-11-14-10-16(21-12-20-14)13-6-2-1-3-7-13/h1-10,12H,11H2,(H,19,23). The number of benzene rings is 2. The average Bonchev–Trinajstić information content (AvgIpc) is 2.67. The Bertz CT molecular complexity index is 913. The molecule has 3 rings (SSSR count).